The molecule has 0 rings (SSSR count). The number of rotatable bonds is 6. The van der Waals surface area contributed by atoms with E-state index in [1.807, 2.05) is 0 Å². The van der Waals surface area contributed by atoms with Gasteiger partial charge in [-0.25, -0.2) is 0 Å². The van der Waals surface area contributed by atoms with Gasteiger partial charge in [0.15, 0.2) is 0 Å². The minimum absolute atomic E-state index is 0.0530. The van der Waals surface area contributed by atoms with E-state index in [-0.39, 0.29) is 11.3 Å². The molecule has 0 spiro atoms. The van der Waals surface area contributed by atoms with Gasteiger partial charge in [0, 0.05) is 20.3 Å². The zero-order chi connectivity index (χ0) is 11.2. The molecular formula is C10H20ClNO2. The van der Waals surface area contributed by atoms with Crippen molar-refractivity contribution in [1.82, 2.24) is 5.32 Å². The van der Waals surface area contributed by atoms with E-state index in [0.29, 0.717) is 13.2 Å². The minimum Gasteiger partial charge on any atom is -0.385 e. The quantitative estimate of drug-likeness (QED) is 0.695. The molecular weight excluding hydrogens is 202 g/mol. The third-order valence-corrected chi connectivity index (χ3v) is 2.28. The predicted octanol–water partition coefficient (Wildman–Crippen LogP) is 1.79. The van der Waals surface area contributed by atoms with Crippen LogP contribution in [-0.2, 0) is 9.53 Å². The van der Waals surface area contributed by atoms with Gasteiger partial charge >= 0.3 is 0 Å². The summed E-state index contributed by atoms with van der Waals surface area (Å²) in [5.74, 6) is -0.114. The number of hydrogen-bond acceptors (Lipinski definition) is 2. The second-order valence-corrected chi connectivity index (χ2v) is 4.90. The molecule has 0 bridgehead atoms. The molecule has 14 heavy (non-hydrogen) atoms. The third kappa shape index (κ3) is 6.22. The van der Waals surface area contributed by atoms with Crippen LogP contribution in [-0.4, -0.2) is 31.5 Å². The van der Waals surface area contributed by atoms with Gasteiger partial charge in [-0.1, -0.05) is 13.8 Å². The van der Waals surface area contributed by atoms with E-state index in [1.54, 1.807) is 14.0 Å². The van der Waals surface area contributed by atoms with Crippen LogP contribution in [0.4, 0.5) is 0 Å². The molecule has 1 atom stereocenters. The normalized spacial score (nSPS) is 13.8. The lowest BCUT2D eigenvalue weighted by atomic mass is 9.90. The fraction of sp³-hybridized carbons (Fsp3) is 0.900. The lowest BCUT2D eigenvalue weighted by Crippen LogP contribution is -2.37. The molecule has 0 aromatic rings. The first kappa shape index (κ1) is 13.7. The highest BCUT2D eigenvalue weighted by Gasteiger charge is 2.19. The van der Waals surface area contributed by atoms with Crippen molar-refractivity contribution in [3.05, 3.63) is 0 Å². The maximum Gasteiger partial charge on any atom is 0.237 e. The van der Waals surface area contributed by atoms with E-state index in [0.717, 1.165) is 6.42 Å². The molecule has 0 saturated heterocycles. The Hall–Kier alpha value is -0.280. The van der Waals surface area contributed by atoms with Gasteiger partial charge in [0.1, 0.15) is 5.38 Å². The Morgan fingerprint density at radius 3 is 2.57 bits per heavy atom. The van der Waals surface area contributed by atoms with Crippen molar-refractivity contribution in [2.45, 2.75) is 32.6 Å². The van der Waals surface area contributed by atoms with Gasteiger partial charge in [0.2, 0.25) is 5.91 Å². The van der Waals surface area contributed by atoms with E-state index >= 15 is 0 Å². The van der Waals surface area contributed by atoms with Crippen LogP contribution in [0.2, 0.25) is 0 Å². The lowest BCUT2D eigenvalue weighted by molar-refractivity contribution is -0.120. The van der Waals surface area contributed by atoms with Gasteiger partial charge in [-0.3, -0.25) is 4.79 Å². The summed E-state index contributed by atoms with van der Waals surface area (Å²) in [5, 5.41) is 2.34. The van der Waals surface area contributed by atoms with Gasteiger partial charge in [-0.05, 0) is 18.8 Å². The Kier molecular flexibility index (Phi) is 6.12. The zero-order valence-corrected chi connectivity index (χ0v) is 10.1. The fourth-order valence-corrected chi connectivity index (χ4v) is 1.01. The molecule has 1 N–H and O–H groups in total. The van der Waals surface area contributed by atoms with Gasteiger partial charge in [-0.15, -0.1) is 11.6 Å². The SMILES string of the molecule is COCCC(C)(C)CNC(=O)C(C)Cl. The smallest absolute Gasteiger partial charge is 0.237 e. The van der Waals surface area contributed by atoms with E-state index < -0.39 is 5.38 Å². The molecule has 0 saturated carbocycles. The monoisotopic (exact) mass is 221 g/mol. The van der Waals surface area contributed by atoms with Crippen LogP contribution < -0.4 is 5.32 Å². The zero-order valence-electron chi connectivity index (χ0n) is 9.39. The lowest BCUT2D eigenvalue weighted by Gasteiger charge is -2.24. The number of hydrogen-bond donors (Lipinski definition) is 1. The van der Waals surface area contributed by atoms with Crippen molar-refractivity contribution in [2.24, 2.45) is 5.41 Å². The molecule has 0 aliphatic rings. The molecule has 0 aromatic heterocycles. The van der Waals surface area contributed by atoms with Crippen molar-refractivity contribution in [2.75, 3.05) is 20.3 Å². The number of nitrogens with one attached hydrogen (secondary N) is 1. The Labute approximate surface area is 91.2 Å². The summed E-state index contributed by atoms with van der Waals surface area (Å²) in [5.41, 5.74) is 0.0530. The van der Waals surface area contributed by atoms with E-state index in [1.165, 1.54) is 0 Å². The highest BCUT2D eigenvalue weighted by atomic mass is 35.5. The molecule has 0 fully saturated rings. The van der Waals surface area contributed by atoms with Crippen molar-refractivity contribution < 1.29 is 9.53 Å². The summed E-state index contributed by atoms with van der Waals surface area (Å²) in [6.45, 7) is 7.18. The Morgan fingerprint density at radius 2 is 2.14 bits per heavy atom. The first-order valence-electron chi connectivity index (χ1n) is 4.80. The third-order valence-electron chi connectivity index (χ3n) is 2.09. The maximum atomic E-state index is 11.2. The number of carbonyl (C=O) groups excluding carboxylic acids is 1. The van der Waals surface area contributed by atoms with Crippen LogP contribution in [0, 0.1) is 5.41 Å². The first-order chi connectivity index (χ1) is 6.39. The van der Waals surface area contributed by atoms with Crippen molar-refractivity contribution in [3.8, 4) is 0 Å². The number of alkyl halides is 1. The maximum absolute atomic E-state index is 11.2. The minimum atomic E-state index is -0.465. The summed E-state index contributed by atoms with van der Waals surface area (Å²) in [6.07, 6.45) is 0.917. The first-order valence-corrected chi connectivity index (χ1v) is 5.23. The largest absolute Gasteiger partial charge is 0.385 e. The highest BCUT2D eigenvalue weighted by molar-refractivity contribution is 6.30. The second-order valence-electron chi connectivity index (χ2n) is 4.24. The average molecular weight is 222 g/mol. The number of halogens is 1. The van der Waals surface area contributed by atoms with Crippen LogP contribution >= 0.6 is 11.6 Å². The molecule has 0 heterocycles. The molecule has 84 valence electrons. The van der Waals surface area contributed by atoms with Crippen LogP contribution in [0.25, 0.3) is 0 Å². The molecule has 0 aliphatic heterocycles. The summed E-state index contributed by atoms with van der Waals surface area (Å²) in [6, 6.07) is 0. The fourth-order valence-electron chi connectivity index (χ4n) is 0.934. The molecule has 0 aliphatic carbocycles. The number of carbonyl (C=O) groups is 1. The van der Waals surface area contributed by atoms with Crippen molar-refractivity contribution in [1.29, 1.82) is 0 Å². The van der Waals surface area contributed by atoms with E-state index in [9.17, 15) is 4.79 Å². The second kappa shape index (κ2) is 6.25. The molecule has 0 radical (unpaired) electrons. The van der Waals surface area contributed by atoms with Crippen molar-refractivity contribution in [3.63, 3.8) is 0 Å². The summed E-state index contributed by atoms with van der Waals surface area (Å²) < 4.78 is 4.99. The Bertz CT molecular complexity index is 181. The topological polar surface area (TPSA) is 38.3 Å². The highest BCUT2D eigenvalue weighted by Crippen LogP contribution is 2.18. The van der Waals surface area contributed by atoms with Crippen LogP contribution in [0.5, 0.6) is 0 Å². The molecule has 3 nitrogen and oxygen atoms in total. The number of methoxy groups -OCH3 is 1. The Morgan fingerprint density at radius 1 is 1.57 bits per heavy atom. The van der Waals surface area contributed by atoms with E-state index in [2.05, 4.69) is 19.2 Å². The van der Waals surface area contributed by atoms with Gasteiger partial charge < -0.3 is 10.1 Å². The molecule has 1 amide bonds. The summed E-state index contributed by atoms with van der Waals surface area (Å²) >= 11 is 5.62. The van der Waals surface area contributed by atoms with Crippen LogP contribution in [0.3, 0.4) is 0 Å². The number of ether oxygens (including phenoxy) is 1. The van der Waals surface area contributed by atoms with Gasteiger partial charge in [-0.2, -0.15) is 0 Å². The summed E-state index contributed by atoms with van der Waals surface area (Å²) in [4.78, 5) is 11.2. The summed E-state index contributed by atoms with van der Waals surface area (Å²) in [7, 11) is 1.68. The van der Waals surface area contributed by atoms with Crippen LogP contribution in [0.1, 0.15) is 27.2 Å². The van der Waals surface area contributed by atoms with Crippen LogP contribution in [0.15, 0.2) is 0 Å². The predicted molar refractivity (Wildman–Crippen MR) is 58.6 cm³/mol. The van der Waals surface area contributed by atoms with Gasteiger partial charge in [0.25, 0.3) is 0 Å². The standard InChI is InChI=1S/C10H20ClNO2/c1-8(11)9(13)12-7-10(2,3)5-6-14-4/h8H,5-7H2,1-4H3,(H,12,13). The van der Waals surface area contributed by atoms with E-state index in [4.69, 9.17) is 16.3 Å². The molecule has 4 heteroatoms. The number of amides is 1. The van der Waals surface area contributed by atoms with Gasteiger partial charge in [0.05, 0.1) is 0 Å². The Balaban J connectivity index is 3.80. The average Bonchev–Trinajstić information content (AvgIpc) is 2.11. The molecule has 1 unspecified atom stereocenters. The molecule has 0 aromatic carbocycles. The van der Waals surface area contributed by atoms with Crippen molar-refractivity contribution >= 4 is 17.5 Å².